The van der Waals surface area contributed by atoms with Gasteiger partial charge in [-0.2, -0.15) is 0 Å². The zero-order chi connectivity index (χ0) is 15.7. The molecule has 3 rings (SSSR count). The van der Waals surface area contributed by atoms with Crippen LogP contribution in [0, 0.1) is 16.2 Å². The van der Waals surface area contributed by atoms with Crippen LogP contribution in [0.2, 0.25) is 0 Å². The van der Waals surface area contributed by atoms with Gasteiger partial charge in [-0.3, -0.25) is 4.79 Å². The smallest absolute Gasteiger partial charge is 0.351 e. The van der Waals surface area contributed by atoms with E-state index in [4.69, 9.17) is 14.2 Å². The van der Waals surface area contributed by atoms with Crippen LogP contribution in [0.5, 0.6) is 0 Å². The molecule has 0 aromatic heterocycles. The SMILES string of the molecule is CC1(C)COC[C@H]1OC(=O)[C@@]12CC[C@@](C)(C(=O)O1)C2(C)C. The molecule has 0 aromatic carbocycles. The molecule has 1 aliphatic carbocycles. The minimum atomic E-state index is -1.14. The second-order valence-corrected chi connectivity index (χ2v) is 8.07. The molecule has 3 fully saturated rings. The van der Waals surface area contributed by atoms with Gasteiger partial charge in [-0.1, -0.05) is 27.7 Å². The fourth-order valence-corrected chi connectivity index (χ4v) is 3.87. The quantitative estimate of drug-likeness (QED) is 0.730. The number of hydrogen-bond acceptors (Lipinski definition) is 5. The predicted molar refractivity (Wildman–Crippen MR) is 74.4 cm³/mol. The number of hydrogen-bond donors (Lipinski definition) is 0. The molecular formula is C16H24O5. The third-order valence-electron chi connectivity index (χ3n) is 6.28. The van der Waals surface area contributed by atoms with Crippen molar-refractivity contribution in [1.29, 1.82) is 0 Å². The summed E-state index contributed by atoms with van der Waals surface area (Å²) in [6.45, 7) is 10.8. The van der Waals surface area contributed by atoms with E-state index in [9.17, 15) is 9.59 Å². The summed E-state index contributed by atoms with van der Waals surface area (Å²) in [5.74, 6) is -0.691. The van der Waals surface area contributed by atoms with Crippen LogP contribution in [0.4, 0.5) is 0 Å². The molecule has 3 aliphatic rings. The van der Waals surface area contributed by atoms with Gasteiger partial charge in [-0.15, -0.1) is 0 Å². The van der Waals surface area contributed by atoms with E-state index >= 15 is 0 Å². The van der Waals surface area contributed by atoms with Gasteiger partial charge in [0.2, 0.25) is 5.60 Å². The molecule has 5 nitrogen and oxygen atoms in total. The van der Waals surface area contributed by atoms with Crippen LogP contribution in [-0.4, -0.2) is 36.9 Å². The fourth-order valence-electron chi connectivity index (χ4n) is 3.87. The summed E-state index contributed by atoms with van der Waals surface area (Å²) in [6, 6.07) is 0. The summed E-state index contributed by atoms with van der Waals surface area (Å²) in [6.07, 6.45) is 0.912. The largest absolute Gasteiger partial charge is 0.456 e. The highest BCUT2D eigenvalue weighted by Gasteiger charge is 2.76. The lowest BCUT2D eigenvalue weighted by molar-refractivity contribution is -0.189. The molecule has 0 radical (unpaired) electrons. The molecule has 0 amide bonds. The van der Waals surface area contributed by atoms with Crippen LogP contribution >= 0.6 is 0 Å². The first-order valence-corrected chi connectivity index (χ1v) is 7.59. The van der Waals surface area contributed by atoms with Crippen LogP contribution in [0.1, 0.15) is 47.5 Å². The first kappa shape index (κ1) is 14.8. The standard InChI is InChI=1S/C16H24O5/c1-13(2)9-19-8-10(13)20-12(18)16-7-6-15(5,11(17)21-16)14(16,3)4/h10H,6-9H2,1-5H3/t10-,15+,16-/m1/s1. The van der Waals surface area contributed by atoms with Gasteiger partial charge in [-0.25, -0.2) is 4.79 Å². The first-order valence-electron chi connectivity index (χ1n) is 7.59. The van der Waals surface area contributed by atoms with E-state index in [1.807, 2.05) is 34.6 Å². The molecule has 2 aliphatic heterocycles. The van der Waals surface area contributed by atoms with Crippen LogP contribution in [0.3, 0.4) is 0 Å². The topological polar surface area (TPSA) is 61.8 Å². The molecule has 0 spiro atoms. The molecule has 0 N–H and O–H groups in total. The summed E-state index contributed by atoms with van der Waals surface area (Å²) in [5, 5.41) is 0. The van der Waals surface area contributed by atoms with Crippen molar-refractivity contribution in [2.45, 2.75) is 59.2 Å². The van der Waals surface area contributed by atoms with Crippen molar-refractivity contribution in [3.8, 4) is 0 Å². The highest BCUT2D eigenvalue weighted by Crippen LogP contribution is 2.66. The van der Waals surface area contributed by atoms with Crippen LogP contribution in [-0.2, 0) is 23.8 Å². The number of fused-ring (bicyclic) bond motifs is 2. The van der Waals surface area contributed by atoms with Crippen LogP contribution in [0.15, 0.2) is 0 Å². The Bertz CT molecular complexity index is 509. The Morgan fingerprint density at radius 1 is 1.19 bits per heavy atom. The summed E-state index contributed by atoms with van der Waals surface area (Å²) in [7, 11) is 0. The highest BCUT2D eigenvalue weighted by atomic mass is 16.6. The third-order valence-corrected chi connectivity index (χ3v) is 6.28. The van der Waals surface area contributed by atoms with Crippen LogP contribution in [0.25, 0.3) is 0 Å². The third kappa shape index (κ3) is 1.61. The molecule has 0 unspecified atom stereocenters. The van der Waals surface area contributed by atoms with E-state index in [0.29, 0.717) is 26.1 Å². The summed E-state index contributed by atoms with van der Waals surface area (Å²) in [5.41, 5.74) is -2.51. The van der Waals surface area contributed by atoms with Crippen molar-refractivity contribution in [1.82, 2.24) is 0 Å². The summed E-state index contributed by atoms with van der Waals surface area (Å²) >= 11 is 0. The molecule has 1 saturated carbocycles. The summed E-state index contributed by atoms with van der Waals surface area (Å²) < 4.78 is 16.7. The average Bonchev–Trinajstić information content (AvgIpc) is 2.85. The zero-order valence-electron chi connectivity index (χ0n) is 13.4. The van der Waals surface area contributed by atoms with Crippen molar-refractivity contribution in [3.63, 3.8) is 0 Å². The minimum absolute atomic E-state index is 0.207. The monoisotopic (exact) mass is 296 g/mol. The van der Waals surface area contributed by atoms with Gasteiger partial charge in [0, 0.05) is 10.8 Å². The second-order valence-electron chi connectivity index (χ2n) is 8.07. The van der Waals surface area contributed by atoms with E-state index in [0.717, 1.165) is 0 Å². The highest BCUT2D eigenvalue weighted by molar-refractivity contribution is 5.93. The van der Waals surface area contributed by atoms with Gasteiger partial charge in [0.1, 0.15) is 6.10 Å². The van der Waals surface area contributed by atoms with Gasteiger partial charge in [-0.05, 0) is 19.8 Å². The molecule has 0 aromatic rings. The normalized spacial score (nSPS) is 42.9. The maximum atomic E-state index is 12.8. The van der Waals surface area contributed by atoms with Gasteiger partial charge < -0.3 is 14.2 Å². The maximum absolute atomic E-state index is 12.8. The van der Waals surface area contributed by atoms with Gasteiger partial charge in [0.05, 0.1) is 18.6 Å². The Morgan fingerprint density at radius 2 is 1.86 bits per heavy atom. The van der Waals surface area contributed by atoms with Crippen molar-refractivity contribution < 1.29 is 23.8 Å². The molecule has 21 heavy (non-hydrogen) atoms. The van der Waals surface area contributed by atoms with Crippen LogP contribution < -0.4 is 0 Å². The number of carbonyl (C=O) groups is 2. The maximum Gasteiger partial charge on any atom is 0.351 e. The van der Waals surface area contributed by atoms with E-state index < -0.39 is 22.4 Å². The van der Waals surface area contributed by atoms with Gasteiger partial charge in [0.25, 0.3) is 0 Å². The van der Waals surface area contributed by atoms with Crippen molar-refractivity contribution in [2.75, 3.05) is 13.2 Å². The average molecular weight is 296 g/mol. The Kier molecular flexibility index (Phi) is 2.82. The van der Waals surface area contributed by atoms with E-state index in [1.54, 1.807) is 0 Å². The van der Waals surface area contributed by atoms with E-state index in [1.165, 1.54) is 0 Å². The molecule has 3 atom stereocenters. The number of rotatable bonds is 2. The molecule has 2 heterocycles. The molecule has 2 saturated heterocycles. The Labute approximate surface area is 125 Å². The number of carbonyl (C=O) groups excluding carboxylic acids is 2. The Balaban J connectivity index is 1.87. The molecule has 5 heteroatoms. The van der Waals surface area contributed by atoms with Gasteiger partial charge >= 0.3 is 11.9 Å². The zero-order valence-corrected chi connectivity index (χ0v) is 13.4. The van der Waals surface area contributed by atoms with E-state index in [2.05, 4.69) is 0 Å². The Hall–Kier alpha value is -1.10. The Morgan fingerprint density at radius 3 is 2.29 bits per heavy atom. The predicted octanol–water partition coefficient (Wildman–Crippen LogP) is 2.08. The number of ether oxygens (including phenoxy) is 3. The lowest BCUT2D eigenvalue weighted by atomic mass is 9.66. The molecular weight excluding hydrogens is 272 g/mol. The first-order chi connectivity index (χ1) is 9.57. The number of esters is 2. The molecule has 2 bridgehead atoms. The van der Waals surface area contributed by atoms with Crippen molar-refractivity contribution in [3.05, 3.63) is 0 Å². The minimum Gasteiger partial charge on any atom is -0.456 e. The summed E-state index contributed by atoms with van der Waals surface area (Å²) in [4.78, 5) is 25.0. The lowest BCUT2D eigenvalue weighted by Crippen LogP contribution is -2.51. The fraction of sp³-hybridized carbons (Fsp3) is 0.875. The second kappa shape index (κ2) is 4.00. The van der Waals surface area contributed by atoms with Gasteiger partial charge in [0.15, 0.2) is 0 Å². The lowest BCUT2D eigenvalue weighted by Gasteiger charge is -2.36. The van der Waals surface area contributed by atoms with E-state index in [-0.39, 0.29) is 17.5 Å². The van der Waals surface area contributed by atoms with Crippen molar-refractivity contribution in [2.24, 2.45) is 16.2 Å². The van der Waals surface area contributed by atoms with Crippen molar-refractivity contribution >= 4 is 11.9 Å². The molecule has 118 valence electrons.